The Kier molecular flexibility index (Phi) is 4.04. The molecule has 0 fully saturated rings. The van der Waals surface area contributed by atoms with Gasteiger partial charge >= 0.3 is 0 Å². The molecule has 6 heteroatoms. The average molecular weight is 507 g/mol. The summed E-state index contributed by atoms with van der Waals surface area (Å²) in [6.07, 6.45) is 0. The molecule has 0 aliphatic heterocycles. The molecule has 0 aliphatic carbocycles. The Morgan fingerprint density at radius 3 is 1.35 bits per heavy atom. The van der Waals surface area contributed by atoms with E-state index in [1.807, 2.05) is 22.7 Å². The van der Waals surface area contributed by atoms with E-state index in [9.17, 15) is 0 Å². The van der Waals surface area contributed by atoms with Crippen LogP contribution in [-0.4, -0.2) is 9.97 Å². The lowest BCUT2D eigenvalue weighted by Gasteiger charge is -1.97. The van der Waals surface area contributed by atoms with Gasteiger partial charge in [0.1, 0.15) is 10.0 Å². The second-order valence-corrected chi connectivity index (χ2v) is 12.6. The molecule has 4 aromatic heterocycles. The van der Waals surface area contributed by atoms with E-state index in [2.05, 4.69) is 84.9 Å². The maximum atomic E-state index is 5.00. The van der Waals surface area contributed by atoms with Crippen LogP contribution in [0.3, 0.4) is 0 Å². The molecule has 2 nitrogen and oxygen atoms in total. The van der Waals surface area contributed by atoms with Gasteiger partial charge in [0.2, 0.25) is 0 Å². The quantitative estimate of drug-likeness (QED) is 0.233. The molecule has 0 radical (unpaired) electrons. The van der Waals surface area contributed by atoms with Crippen LogP contribution in [0.2, 0.25) is 0 Å². The molecule has 0 unspecified atom stereocenters. The summed E-state index contributed by atoms with van der Waals surface area (Å²) in [7, 11) is 0. The summed E-state index contributed by atoms with van der Waals surface area (Å²) in [6.45, 7) is 0. The Balaban J connectivity index is 1.25. The Morgan fingerprint density at radius 2 is 0.882 bits per heavy atom. The highest BCUT2D eigenvalue weighted by atomic mass is 32.1. The van der Waals surface area contributed by atoms with E-state index < -0.39 is 0 Å². The smallest absolute Gasteiger partial charge is 0.134 e. The molecule has 0 atom stereocenters. The van der Waals surface area contributed by atoms with Gasteiger partial charge in [-0.15, -0.1) is 45.3 Å². The molecule has 0 amide bonds. The lowest BCUT2D eigenvalue weighted by atomic mass is 10.1. The molecular formula is C28H14N2S4. The summed E-state index contributed by atoms with van der Waals surface area (Å²) in [5.41, 5.74) is 2.14. The molecule has 160 valence electrons. The number of thiophene rings is 2. The van der Waals surface area contributed by atoms with Gasteiger partial charge in [-0.1, -0.05) is 36.4 Å². The standard InChI is InChI=1S/C28H14N2S4/c1-3-7-21-15(5-1)11-25(31-21)27-29-19-9-17-14-24-20(10-18(17)13-23(19)33-27)30-28(34-24)26-12-16-6-2-4-8-22(16)32-26/h1-14H. The van der Waals surface area contributed by atoms with Crippen molar-refractivity contribution in [3.63, 3.8) is 0 Å². The zero-order chi connectivity index (χ0) is 22.2. The number of fused-ring (bicyclic) bond motifs is 5. The Bertz CT molecular complexity index is 1760. The van der Waals surface area contributed by atoms with Crippen LogP contribution in [0.5, 0.6) is 0 Å². The van der Waals surface area contributed by atoms with Crippen LogP contribution in [0.1, 0.15) is 0 Å². The number of benzene rings is 4. The molecule has 4 heterocycles. The summed E-state index contributed by atoms with van der Waals surface area (Å²) in [4.78, 5) is 12.5. The lowest BCUT2D eigenvalue weighted by Crippen LogP contribution is -1.76. The number of nitrogens with zero attached hydrogens (tertiary/aromatic N) is 2. The first-order valence-corrected chi connectivity index (χ1v) is 14.2. The van der Waals surface area contributed by atoms with E-state index in [-0.39, 0.29) is 0 Å². The predicted molar refractivity (Wildman–Crippen MR) is 152 cm³/mol. The minimum Gasteiger partial charge on any atom is -0.235 e. The van der Waals surface area contributed by atoms with Crippen LogP contribution in [0, 0.1) is 0 Å². The molecule has 0 saturated heterocycles. The van der Waals surface area contributed by atoms with E-state index >= 15 is 0 Å². The highest BCUT2D eigenvalue weighted by Gasteiger charge is 2.14. The third kappa shape index (κ3) is 2.96. The van der Waals surface area contributed by atoms with Gasteiger partial charge in [-0.05, 0) is 70.1 Å². The zero-order valence-electron chi connectivity index (χ0n) is 17.6. The summed E-state index contributed by atoms with van der Waals surface area (Å²) < 4.78 is 5.06. The molecule has 0 aliphatic rings. The van der Waals surface area contributed by atoms with Crippen molar-refractivity contribution in [2.75, 3.05) is 0 Å². The molecule has 0 bridgehead atoms. The topological polar surface area (TPSA) is 25.8 Å². The SMILES string of the molecule is c1ccc2sc(-c3nc4cc5cc6sc(-c7cc8ccccc8s7)nc6cc5cc4s3)cc2c1. The number of hydrogen-bond donors (Lipinski definition) is 0. The van der Waals surface area contributed by atoms with E-state index in [1.165, 1.54) is 50.1 Å². The third-order valence-electron chi connectivity index (χ3n) is 6.13. The number of thiazole rings is 2. The molecule has 34 heavy (non-hydrogen) atoms. The van der Waals surface area contributed by atoms with E-state index in [0.29, 0.717) is 0 Å². The third-order valence-corrected chi connectivity index (χ3v) is 10.7. The van der Waals surface area contributed by atoms with Gasteiger partial charge in [-0.3, -0.25) is 0 Å². The molecule has 0 N–H and O–H groups in total. The van der Waals surface area contributed by atoms with Crippen LogP contribution >= 0.6 is 45.3 Å². The van der Waals surface area contributed by atoms with Crippen molar-refractivity contribution in [1.29, 1.82) is 0 Å². The Hall–Kier alpha value is -3.16. The largest absolute Gasteiger partial charge is 0.235 e. The van der Waals surface area contributed by atoms with Gasteiger partial charge in [-0.2, -0.15) is 0 Å². The van der Waals surface area contributed by atoms with Crippen molar-refractivity contribution >= 4 is 96.7 Å². The normalized spacial score (nSPS) is 12.1. The minimum atomic E-state index is 1.07. The summed E-state index contributed by atoms with van der Waals surface area (Å²) in [5, 5.41) is 7.21. The highest BCUT2D eigenvalue weighted by molar-refractivity contribution is 7.28. The first kappa shape index (κ1) is 19.2. The second-order valence-electron chi connectivity index (χ2n) is 8.32. The minimum absolute atomic E-state index is 1.07. The lowest BCUT2D eigenvalue weighted by molar-refractivity contribution is 1.50. The van der Waals surface area contributed by atoms with Crippen LogP contribution in [-0.2, 0) is 0 Å². The van der Waals surface area contributed by atoms with Crippen molar-refractivity contribution in [2.45, 2.75) is 0 Å². The fraction of sp³-hybridized carbons (Fsp3) is 0. The Labute approximate surface area is 210 Å². The number of aromatic nitrogens is 2. The van der Waals surface area contributed by atoms with Gasteiger partial charge in [0.25, 0.3) is 0 Å². The monoisotopic (exact) mass is 506 g/mol. The molecule has 0 spiro atoms. The second kappa shape index (κ2) is 7.17. The highest BCUT2D eigenvalue weighted by Crippen LogP contribution is 2.41. The first-order chi connectivity index (χ1) is 16.8. The van der Waals surface area contributed by atoms with Crippen LogP contribution in [0.25, 0.3) is 71.1 Å². The van der Waals surface area contributed by atoms with Crippen LogP contribution < -0.4 is 0 Å². The van der Waals surface area contributed by atoms with Gasteiger partial charge in [0.05, 0.1) is 30.2 Å². The van der Waals surface area contributed by atoms with Crippen LogP contribution in [0.4, 0.5) is 0 Å². The average Bonchev–Trinajstić information content (AvgIpc) is 3.63. The zero-order valence-corrected chi connectivity index (χ0v) is 20.9. The molecule has 8 rings (SSSR count). The first-order valence-electron chi connectivity index (χ1n) is 10.9. The van der Waals surface area contributed by atoms with Crippen LogP contribution in [0.15, 0.2) is 84.9 Å². The maximum Gasteiger partial charge on any atom is 0.134 e. The van der Waals surface area contributed by atoms with Gasteiger partial charge in [-0.25, -0.2) is 9.97 Å². The molecule has 4 aromatic carbocycles. The molecule has 0 saturated carbocycles. The summed E-state index contributed by atoms with van der Waals surface area (Å²) in [5.74, 6) is 0. The van der Waals surface area contributed by atoms with Gasteiger partial charge in [0.15, 0.2) is 0 Å². The van der Waals surface area contributed by atoms with Crippen molar-refractivity contribution in [1.82, 2.24) is 9.97 Å². The summed E-state index contributed by atoms with van der Waals surface area (Å²) >= 11 is 7.18. The molecule has 8 aromatic rings. The van der Waals surface area contributed by atoms with E-state index in [4.69, 9.17) is 9.97 Å². The number of rotatable bonds is 2. The number of hydrogen-bond acceptors (Lipinski definition) is 6. The Morgan fingerprint density at radius 1 is 0.412 bits per heavy atom. The van der Waals surface area contributed by atoms with Crippen molar-refractivity contribution < 1.29 is 0 Å². The predicted octanol–water partition coefficient (Wildman–Crippen LogP) is 9.82. The summed E-state index contributed by atoms with van der Waals surface area (Å²) in [6, 6.07) is 30.6. The fourth-order valence-electron chi connectivity index (χ4n) is 4.48. The maximum absolute atomic E-state index is 5.00. The van der Waals surface area contributed by atoms with Crippen molar-refractivity contribution in [3.05, 3.63) is 84.9 Å². The van der Waals surface area contributed by atoms with Crippen molar-refractivity contribution in [3.8, 4) is 19.8 Å². The molecular weight excluding hydrogens is 493 g/mol. The van der Waals surface area contributed by atoms with E-state index in [1.54, 1.807) is 22.7 Å². The van der Waals surface area contributed by atoms with Crippen molar-refractivity contribution in [2.24, 2.45) is 0 Å². The van der Waals surface area contributed by atoms with Gasteiger partial charge in [0, 0.05) is 9.40 Å². The van der Waals surface area contributed by atoms with E-state index in [0.717, 1.165) is 21.0 Å². The fourth-order valence-corrected chi connectivity index (χ4v) is 8.69. The van der Waals surface area contributed by atoms with Gasteiger partial charge < -0.3 is 0 Å².